The molecule has 1 aromatic carbocycles. The van der Waals surface area contributed by atoms with Crippen molar-refractivity contribution in [3.63, 3.8) is 0 Å². The van der Waals surface area contributed by atoms with Gasteiger partial charge in [0, 0.05) is 19.0 Å². The molecule has 2 fully saturated rings. The minimum atomic E-state index is 0.118. The lowest BCUT2D eigenvalue weighted by Gasteiger charge is -2.20. The molecule has 4 heteroatoms. The molecule has 0 radical (unpaired) electrons. The van der Waals surface area contributed by atoms with Crippen LogP contribution in [0.2, 0.25) is 0 Å². The normalized spacial score (nSPS) is 24.8. The summed E-state index contributed by atoms with van der Waals surface area (Å²) in [5, 5.41) is 3.11. The van der Waals surface area contributed by atoms with Crippen LogP contribution < -0.4 is 11.1 Å². The summed E-state index contributed by atoms with van der Waals surface area (Å²) >= 11 is 0. The smallest absolute Gasteiger partial charge is 0.223 e. The summed E-state index contributed by atoms with van der Waals surface area (Å²) < 4.78 is 0. The van der Waals surface area contributed by atoms with Crippen LogP contribution >= 0.6 is 0 Å². The molecule has 138 valence electrons. The lowest BCUT2D eigenvalue weighted by Crippen LogP contribution is -2.34. The van der Waals surface area contributed by atoms with E-state index in [0.717, 1.165) is 25.8 Å². The molecule has 1 amide bonds. The van der Waals surface area contributed by atoms with Gasteiger partial charge in [0.25, 0.3) is 0 Å². The molecule has 3 rings (SSSR count). The van der Waals surface area contributed by atoms with Gasteiger partial charge in [0.1, 0.15) is 0 Å². The maximum Gasteiger partial charge on any atom is 0.223 e. The molecule has 0 spiro atoms. The summed E-state index contributed by atoms with van der Waals surface area (Å²) in [6.45, 7) is 4.75. The topological polar surface area (TPSA) is 58.4 Å². The minimum Gasteiger partial charge on any atom is -0.352 e. The van der Waals surface area contributed by atoms with E-state index in [2.05, 4.69) is 34.5 Å². The molecule has 3 N–H and O–H groups in total. The van der Waals surface area contributed by atoms with E-state index in [1.807, 2.05) is 0 Å². The second kappa shape index (κ2) is 9.35. The molecular weight excluding hydrogens is 310 g/mol. The fourth-order valence-corrected chi connectivity index (χ4v) is 4.30. The molecule has 25 heavy (non-hydrogen) atoms. The van der Waals surface area contributed by atoms with Gasteiger partial charge in [0.05, 0.1) is 0 Å². The standard InChI is InChI=1S/C21H33N3O/c22-14-19-6-5-7-20(19)21(25)23-15-17-8-10-18(11-9-17)16-24-12-3-1-2-4-13-24/h8-11,19-20H,1-7,12-16,22H2,(H,23,25)/t19-,20-/m1/s1. The van der Waals surface area contributed by atoms with Crippen molar-refractivity contribution in [2.75, 3.05) is 19.6 Å². The molecule has 1 aromatic rings. The van der Waals surface area contributed by atoms with E-state index in [9.17, 15) is 4.79 Å². The first kappa shape index (κ1) is 18.4. The number of amides is 1. The van der Waals surface area contributed by atoms with Gasteiger partial charge in [-0.25, -0.2) is 0 Å². The Balaban J connectivity index is 1.46. The number of benzene rings is 1. The van der Waals surface area contributed by atoms with E-state index in [1.54, 1.807) is 0 Å². The van der Waals surface area contributed by atoms with Gasteiger partial charge in [-0.3, -0.25) is 9.69 Å². The quantitative estimate of drug-likeness (QED) is 0.835. The molecule has 0 unspecified atom stereocenters. The number of hydrogen-bond donors (Lipinski definition) is 2. The average molecular weight is 344 g/mol. The Bertz CT molecular complexity index is 535. The van der Waals surface area contributed by atoms with Gasteiger partial charge >= 0.3 is 0 Å². The zero-order chi connectivity index (χ0) is 17.5. The Morgan fingerprint density at radius 3 is 2.36 bits per heavy atom. The first-order valence-corrected chi connectivity index (χ1v) is 10.0. The number of nitrogens with zero attached hydrogens (tertiary/aromatic N) is 1. The maximum absolute atomic E-state index is 12.4. The van der Waals surface area contributed by atoms with Gasteiger partial charge < -0.3 is 11.1 Å². The molecule has 1 saturated carbocycles. The van der Waals surface area contributed by atoms with E-state index >= 15 is 0 Å². The molecule has 0 bridgehead atoms. The monoisotopic (exact) mass is 343 g/mol. The highest BCUT2D eigenvalue weighted by Crippen LogP contribution is 2.31. The summed E-state index contributed by atoms with van der Waals surface area (Å²) in [5.74, 6) is 0.671. The number of rotatable bonds is 6. The molecule has 4 nitrogen and oxygen atoms in total. The third kappa shape index (κ3) is 5.29. The van der Waals surface area contributed by atoms with Crippen molar-refractivity contribution in [2.24, 2.45) is 17.6 Å². The second-order valence-corrected chi connectivity index (χ2v) is 7.76. The molecule has 2 aliphatic rings. The molecule has 1 aliphatic carbocycles. The van der Waals surface area contributed by atoms with Crippen molar-refractivity contribution in [3.05, 3.63) is 35.4 Å². The summed E-state index contributed by atoms with van der Waals surface area (Å²) in [7, 11) is 0. The van der Waals surface area contributed by atoms with Crippen LogP contribution in [0.5, 0.6) is 0 Å². The van der Waals surface area contributed by atoms with Crippen LogP contribution in [0.4, 0.5) is 0 Å². The molecule has 1 saturated heterocycles. The second-order valence-electron chi connectivity index (χ2n) is 7.76. The lowest BCUT2D eigenvalue weighted by atomic mass is 9.95. The number of carbonyl (C=O) groups excluding carboxylic acids is 1. The predicted molar refractivity (Wildman–Crippen MR) is 102 cm³/mol. The predicted octanol–water partition coefficient (Wildman–Crippen LogP) is 3.05. The highest BCUT2D eigenvalue weighted by Gasteiger charge is 2.31. The Morgan fingerprint density at radius 1 is 1.00 bits per heavy atom. The van der Waals surface area contributed by atoms with Gasteiger partial charge in [-0.2, -0.15) is 0 Å². The number of nitrogens with two attached hydrogens (primary N) is 1. The van der Waals surface area contributed by atoms with Crippen molar-refractivity contribution in [3.8, 4) is 0 Å². The summed E-state index contributed by atoms with van der Waals surface area (Å²) in [4.78, 5) is 14.9. The van der Waals surface area contributed by atoms with Crippen molar-refractivity contribution >= 4 is 5.91 Å². The van der Waals surface area contributed by atoms with Crippen molar-refractivity contribution in [2.45, 2.75) is 58.0 Å². The highest BCUT2D eigenvalue weighted by molar-refractivity contribution is 5.79. The van der Waals surface area contributed by atoms with Crippen molar-refractivity contribution in [1.82, 2.24) is 10.2 Å². The van der Waals surface area contributed by atoms with Gasteiger partial charge in [-0.05, 0) is 62.4 Å². The molecule has 0 aromatic heterocycles. The number of carbonyl (C=O) groups is 1. The maximum atomic E-state index is 12.4. The van der Waals surface area contributed by atoms with Crippen molar-refractivity contribution in [1.29, 1.82) is 0 Å². The summed E-state index contributed by atoms with van der Waals surface area (Å²) in [6, 6.07) is 8.74. The van der Waals surface area contributed by atoms with Crippen LogP contribution in [0.15, 0.2) is 24.3 Å². The van der Waals surface area contributed by atoms with E-state index in [-0.39, 0.29) is 11.8 Å². The lowest BCUT2D eigenvalue weighted by molar-refractivity contribution is -0.126. The fraction of sp³-hybridized carbons (Fsp3) is 0.667. The van der Waals surface area contributed by atoms with Gasteiger partial charge in [-0.1, -0.05) is 43.5 Å². The van der Waals surface area contributed by atoms with Crippen LogP contribution in [0, 0.1) is 11.8 Å². The minimum absolute atomic E-state index is 0.118. The van der Waals surface area contributed by atoms with Crippen LogP contribution in [-0.2, 0) is 17.9 Å². The Morgan fingerprint density at radius 2 is 1.68 bits per heavy atom. The third-order valence-corrected chi connectivity index (χ3v) is 5.89. The van der Waals surface area contributed by atoms with E-state index < -0.39 is 0 Å². The number of likely N-dealkylation sites (tertiary alicyclic amines) is 1. The Hall–Kier alpha value is -1.39. The highest BCUT2D eigenvalue weighted by atomic mass is 16.1. The number of nitrogens with one attached hydrogen (secondary N) is 1. The fourth-order valence-electron chi connectivity index (χ4n) is 4.30. The summed E-state index contributed by atoms with van der Waals surface area (Å²) in [6.07, 6.45) is 8.62. The summed E-state index contributed by atoms with van der Waals surface area (Å²) in [5.41, 5.74) is 8.34. The largest absolute Gasteiger partial charge is 0.352 e. The van der Waals surface area contributed by atoms with Gasteiger partial charge in [-0.15, -0.1) is 0 Å². The molecule has 2 atom stereocenters. The van der Waals surface area contributed by atoms with Gasteiger partial charge in [0.15, 0.2) is 0 Å². The van der Waals surface area contributed by atoms with Crippen molar-refractivity contribution < 1.29 is 4.79 Å². The van der Waals surface area contributed by atoms with E-state index in [1.165, 1.54) is 49.9 Å². The van der Waals surface area contributed by atoms with Crippen LogP contribution in [0.1, 0.15) is 56.1 Å². The first-order chi connectivity index (χ1) is 12.3. The van der Waals surface area contributed by atoms with Crippen LogP contribution in [0.3, 0.4) is 0 Å². The SMILES string of the molecule is NC[C@H]1CCC[C@H]1C(=O)NCc1ccc(CN2CCCCCC2)cc1. The zero-order valence-electron chi connectivity index (χ0n) is 15.4. The van der Waals surface area contributed by atoms with Crippen LogP contribution in [-0.4, -0.2) is 30.4 Å². The molecular formula is C21H33N3O. The van der Waals surface area contributed by atoms with E-state index in [0.29, 0.717) is 19.0 Å². The zero-order valence-corrected chi connectivity index (χ0v) is 15.4. The average Bonchev–Trinajstić information content (AvgIpc) is 2.98. The Kier molecular flexibility index (Phi) is 6.88. The van der Waals surface area contributed by atoms with E-state index in [4.69, 9.17) is 5.73 Å². The Labute approximate surface area is 152 Å². The van der Waals surface area contributed by atoms with Gasteiger partial charge in [0.2, 0.25) is 5.91 Å². The van der Waals surface area contributed by atoms with Crippen LogP contribution in [0.25, 0.3) is 0 Å². The third-order valence-electron chi connectivity index (χ3n) is 5.89. The first-order valence-electron chi connectivity index (χ1n) is 10.0. The molecule has 1 heterocycles. The molecule has 1 aliphatic heterocycles. The number of hydrogen-bond acceptors (Lipinski definition) is 3.